The Balaban J connectivity index is 2.17. The van der Waals surface area contributed by atoms with Crippen molar-refractivity contribution in [2.75, 3.05) is 11.5 Å². The molecule has 13 nitrogen and oxygen atoms in total. The van der Waals surface area contributed by atoms with Crippen molar-refractivity contribution in [2.45, 2.75) is 49.3 Å². The Kier molecular flexibility index (Phi) is 12.6. The smallest absolute Gasteiger partial charge is 0.327 e. The molecule has 38 heavy (non-hydrogen) atoms. The van der Waals surface area contributed by atoms with Crippen LogP contribution in [0.3, 0.4) is 0 Å². The summed E-state index contributed by atoms with van der Waals surface area (Å²) in [7, 11) is 0. The Labute approximate surface area is 227 Å². The summed E-state index contributed by atoms with van der Waals surface area (Å²) in [5, 5.41) is 22.4. The van der Waals surface area contributed by atoms with Crippen molar-refractivity contribution in [2.24, 2.45) is 0 Å². The predicted octanol–water partition coefficient (Wildman–Crippen LogP) is 1.04. The number of hydrogen-bond donors (Lipinski definition) is 4. The average molecular weight is 565 g/mol. The van der Waals surface area contributed by atoms with E-state index >= 15 is 0 Å². The molecule has 2 aromatic heterocycles. The van der Waals surface area contributed by atoms with Gasteiger partial charge < -0.3 is 20.8 Å². The summed E-state index contributed by atoms with van der Waals surface area (Å²) in [4.78, 5) is 75.6. The van der Waals surface area contributed by atoms with Crippen LogP contribution in [0, 0.1) is 0 Å². The number of hydrogen-bond acceptors (Lipinski definition) is 11. The number of carboxylic acids is 2. The molecule has 0 aliphatic rings. The third kappa shape index (κ3) is 10.8. The van der Waals surface area contributed by atoms with Crippen LogP contribution in [0.4, 0.5) is 0 Å². The molecule has 0 aliphatic carbocycles. The normalized spacial score (nSPS) is 13.9. The van der Waals surface area contributed by atoms with Gasteiger partial charge in [0, 0.05) is 56.8 Å². The molecule has 15 heteroatoms. The van der Waals surface area contributed by atoms with E-state index in [0.717, 1.165) is 23.5 Å². The van der Waals surface area contributed by atoms with E-state index in [2.05, 4.69) is 30.6 Å². The van der Waals surface area contributed by atoms with Gasteiger partial charge in [-0.25, -0.2) is 29.5 Å². The van der Waals surface area contributed by atoms with Crippen LogP contribution in [0.2, 0.25) is 0 Å². The molecule has 2 heterocycles. The summed E-state index contributed by atoms with van der Waals surface area (Å²) in [6.07, 6.45) is 5.78. The standard InChI is InChI=1S/C23H28N6O7S2/c1-13(30)28-17(22(33)34)10-37-19(16-4-7-24-12-27-16)8-15(32)9-20(21-25-5-3-6-26-21)38-11-18(23(35)36)29-14(2)31/h3-7,12,17-20H,8-11H2,1-2H3,(H,28,30)(H,29,31)(H,33,34)(H,35,36)/t17-,18-,19?,20?/m0/s1. The van der Waals surface area contributed by atoms with Crippen LogP contribution in [0.1, 0.15) is 48.7 Å². The molecule has 4 atom stereocenters. The minimum absolute atomic E-state index is 0.00611. The Hall–Kier alpha value is -3.59. The van der Waals surface area contributed by atoms with E-state index in [1.54, 1.807) is 12.1 Å². The maximum absolute atomic E-state index is 13.2. The number of amides is 2. The van der Waals surface area contributed by atoms with Crippen molar-refractivity contribution >= 4 is 53.1 Å². The van der Waals surface area contributed by atoms with Crippen molar-refractivity contribution < 1.29 is 34.2 Å². The highest BCUT2D eigenvalue weighted by Gasteiger charge is 2.28. The van der Waals surface area contributed by atoms with Gasteiger partial charge in [0.15, 0.2) is 0 Å². The first-order valence-corrected chi connectivity index (χ1v) is 13.4. The van der Waals surface area contributed by atoms with E-state index < -0.39 is 46.3 Å². The lowest BCUT2D eigenvalue weighted by Crippen LogP contribution is -2.41. The first-order chi connectivity index (χ1) is 18.1. The lowest BCUT2D eigenvalue weighted by molar-refractivity contribution is -0.141. The number of aromatic nitrogens is 4. The number of nitrogens with zero attached hydrogens (tertiary/aromatic N) is 4. The Bertz CT molecular complexity index is 1020. The summed E-state index contributed by atoms with van der Waals surface area (Å²) in [6, 6.07) is 0.918. The summed E-state index contributed by atoms with van der Waals surface area (Å²) in [5.41, 5.74) is 0.516. The zero-order valence-electron chi connectivity index (χ0n) is 20.6. The largest absolute Gasteiger partial charge is 0.480 e. The van der Waals surface area contributed by atoms with E-state index in [9.17, 15) is 34.2 Å². The van der Waals surface area contributed by atoms with Crippen molar-refractivity contribution in [1.29, 1.82) is 0 Å². The monoisotopic (exact) mass is 564 g/mol. The molecule has 0 radical (unpaired) electrons. The first kappa shape index (κ1) is 30.6. The Morgan fingerprint density at radius 2 is 1.34 bits per heavy atom. The van der Waals surface area contributed by atoms with Crippen molar-refractivity contribution in [1.82, 2.24) is 30.6 Å². The van der Waals surface area contributed by atoms with E-state index in [-0.39, 0.29) is 30.1 Å². The van der Waals surface area contributed by atoms with Crippen LogP contribution in [0.5, 0.6) is 0 Å². The molecule has 0 bridgehead atoms. The molecule has 0 spiro atoms. The number of Topliss-reactive ketones (excluding diaryl/α,β-unsaturated/α-hetero) is 1. The van der Waals surface area contributed by atoms with Crippen molar-refractivity contribution in [3.8, 4) is 0 Å². The van der Waals surface area contributed by atoms with E-state index in [4.69, 9.17) is 0 Å². The molecule has 4 N–H and O–H groups in total. The molecule has 0 saturated heterocycles. The second-order valence-corrected chi connectivity index (χ2v) is 10.5. The van der Waals surface area contributed by atoms with Crippen molar-refractivity contribution in [3.63, 3.8) is 0 Å². The first-order valence-electron chi connectivity index (χ1n) is 11.3. The summed E-state index contributed by atoms with van der Waals surface area (Å²) in [6.45, 7) is 2.43. The van der Waals surface area contributed by atoms with Crippen molar-refractivity contribution in [3.05, 3.63) is 48.6 Å². The van der Waals surface area contributed by atoms with Crippen LogP contribution < -0.4 is 10.6 Å². The predicted molar refractivity (Wildman–Crippen MR) is 139 cm³/mol. The van der Waals surface area contributed by atoms with Gasteiger partial charge in [-0.3, -0.25) is 14.4 Å². The fourth-order valence-electron chi connectivity index (χ4n) is 3.20. The lowest BCUT2D eigenvalue weighted by atomic mass is 10.1. The number of aliphatic carboxylic acids is 2. The number of ketones is 1. The van der Waals surface area contributed by atoms with Gasteiger partial charge in [0.2, 0.25) is 11.8 Å². The minimum Gasteiger partial charge on any atom is -0.480 e. The van der Waals surface area contributed by atoms with E-state index in [0.29, 0.717) is 11.5 Å². The van der Waals surface area contributed by atoms with Gasteiger partial charge in [-0.15, -0.1) is 23.5 Å². The maximum Gasteiger partial charge on any atom is 0.327 e. The molecule has 2 aromatic rings. The summed E-state index contributed by atoms with van der Waals surface area (Å²) >= 11 is 2.30. The lowest BCUT2D eigenvalue weighted by Gasteiger charge is -2.21. The quantitative estimate of drug-likeness (QED) is 0.225. The van der Waals surface area contributed by atoms with Gasteiger partial charge in [-0.1, -0.05) is 0 Å². The zero-order valence-corrected chi connectivity index (χ0v) is 22.3. The Morgan fingerprint density at radius 3 is 1.82 bits per heavy atom. The maximum atomic E-state index is 13.2. The molecule has 0 aromatic carbocycles. The highest BCUT2D eigenvalue weighted by Crippen LogP contribution is 2.35. The highest BCUT2D eigenvalue weighted by atomic mass is 32.2. The average Bonchev–Trinajstić information content (AvgIpc) is 2.87. The van der Waals surface area contributed by atoms with Gasteiger partial charge in [-0.05, 0) is 12.1 Å². The van der Waals surface area contributed by atoms with Gasteiger partial charge in [-0.2, -0.15) is 0 Å². The van der Waals surface area contributed by atoms with Crippen LogP contribution in [-0.4, -0.2) is 83.3 Å². The zero-order chi connectivity index (χ0) is 28.1. The highest BCUT2D eigenvalue weighted by molar-refractivity contribution is 7.99. The van der Waals surface area contributed by atoms with Crippen LogP contribution in [0.15, 0.2) is 37.1 Å². The molecular weight excluding hydrogens is 536 g/mol. The number of carbonyl (C=O) groups excluding carboxylic acids is 3. The van der Waals surface area contributed by atoms with Crippen LogP contribution in [-0.2, 0) is 24.0 Å². The second kappa shape index (κ2) is 15.6. The number of nitrogens with one attached hydrogen (secondary N) is 2. The summed E-state index contributed by atoms with van der Waals surface area (Å²) < 4.78 is 0. The molecule has 2 rings (SSSR count). The van der Waals surface area contributed by atoms with Crippen LogP contribution in [0.25, 0.3) is 0 Å². The molecular formula is C23H28N6O7S2. The molecule has 0 aliphatic heterocycles. The van der Waals surface area contributed by atoms with Gasteiger partial charge >= 0.3 is 11.9 Å². The van der Waals surface area contributed by atoms with Gasteiger partial charge in [0.1, 0.15) is 30.0 Å². The molecule has 2 unspecified atom stereocenters. The third-order valence-corrected chi connectivity index (χ3v) is 7.56. The Morgan fingerprint density at radius 1 is 0.816 bits per heavy atom. The SMILES string of the molecule is CC(=O)N[C@@H](CSC(CC(=O)CC(SC[C@H](NC(C)=O)C(=O)O)c1ncccn1)c1ccncn1)C(=O)O. The van der Waals surface area contributed by atoms with Gasteiger partial charge in [0.25, 0.3) is 0 Å². The molecule has 204 valence electrons. The second-order valence-electron chi connectivity index (χ2n) is 8.01. The fourth-order valence-corrected chi connectivity index (χ4v) is 5.69. The topological polar surface area (TPSA) is 201 Å². The van der Waals surface area contributed by atoms with Crippen LogP contribution >= 0.6 is 23.5 Å². The van der Waals surface area contributed by atoms with Gasteiger partial charge in [0.05, 0.1) is 16.2 Å². The summed E-state index contributed by atoms with van der Waals surface area (Å²) in [5.74, 6) is -3.31. The minimum atomic E-state index is -1.21. The molecule has 0 saturated carbocycles. The number of carboxylic acid groups (broad SMARTS) is 2. The molecule has 0 fully saturated rings. The number of thioether (sulfide) groups is 2. The van der Waals surface area contributed by atoms with E-state index in [1.165, 1.54) is 38.8 Å². The molecule has 2 amide bonds. The third-order valence-electron chi connectivity index (χ3n) is 4.91. The number of carbonyl (C=O) groups is 5. The number of rotatable bonds is 16. The van der Waals surface area contributed by atoms with E-state index in [1.807, 2.05) is 0 Å². The fraction of sp³-hybridized carbons (Fsp3) is 0.435.